The summed E-state index contributed by atoms with van der Waals surface area (Å²) in [6, 6.07) is 25.7. The standard InChI is InChI=1S/C25H19FN2O4S/c26-20-7-4-8-22(15-20)28(33(31)32)23-16-21(13-14-24(23)29)27-25(30)19-11-9-18(10-12-19)17-5-2-1-3-6-17/h1-16,29H,(H,27,30)(H,31,32)/p-1. The van der Waals surface area contributed by atoms with Gasteiger partial charge in [-0.15, -0.1) is 0 Å². The van der Waals surface area contributed by atoms with E-state index in [0.29, 0.717) is 5.56 Å². The van der Waals surface area contributed by atoms with Crippen LogP contribution in [0, 0.1) is 5.82 Å². The van der Waals surface area contributed by atoms with Crippen molar-refractivity contribution in [2.75, 3.05) is 9.62 Å². The normalized spacial score (nSPS) is 11.6. The number of nitrogens with one attached hydrogen (secondary N) is 1. The van der Waals surface area contributed by atoms with Gasteiger partial charge in [0.1, 0.15) is 11.6 Å². The van der Waals surface area contributed by atoms with Gasteiger partial charge in [0.25, 0.3) is 5.91 Å². The number of hydrogen-bond donors (Lipinski definition) is 2. The van der Waals surface area contributed by atoms with Gasteiger partial charge in [-0.2, -0.15) is 0 Å². The average Bonchev–Trinajstić information content (AvgIpc) is 2.82. The quantitative estimate of drug-likeness (QED) is 0.298. The van der Waals surface area contributed by atoms with E-state index in [1.54, 1.807) is 12.1 Å². The van der Waals surface area contributed by atoms with E-state index in [1.807, 2.05) is 42.5 Å². The van der Waals surface area contributed by atoms with Crippen molar-refractivity contribution in [3.05, 3.63) is 108 Å². The summed E-state index contributed by atoms with van der Waals surface area (Å²) in [5.74, 6) is -1.40. The van der Waals surface area contributed by atoms with E-state index in [9.17, 15) is 23.1 Å². The van der Waals surface area contributed by atoms with Crippen molar-refractivity contribution >= 4 is 34.2 Å². The van der Waals surface area contributed by atoms with Gasteiger partial charge in [-0.1, -0.05) is 48.5 Å². The second kappa shape index (κ2) is 9.64. The van der Waals surface area contributed by atoms with Gasteiger partial charge < -0.3 is 15.0 Å². The van der Waals surface area contributed by atoms with Gasteiger partial charge >= 0.3 is 0 Å². The van der Waals surface area contributed by atoms with Crippen molar-refractivity contribution in [1.82, 2.24) is 0 Å². The Bertz CT molecular complexity index is 1310. The van der Waals surface area contributed by atoms with Crippen LogP contribution >= 0.6 is 0 Å². The summed E-state index contributed by atoms with van der Waals surface area (Å²) in [5, 5.41) is 12.9. The molecule has 1 atom stereocenters. The van der Waals surface area contributed by atoms with Crippen LogP contribution in [0.4, 0.5) is 21.5 Å². The third-order valence-electron chi connectivity index (χ3n) is 4.90. The second-order valence-corrected chi connectivity index (χ2v) is 7.89. The molecule has 6 nitrogen and oxygen atoms in total. The van der Waals surface area contributed by atoms with Gasteiger partial charge in [-0.25, -0.2) is 4.39 Å². The third-order valence-corrected chi connectivity index (χ3v) is 5.60. The van der Waals surface area contributed by atoms with Crippen LogP contribution in [0.15, 0.2) is 97.1 Å². The van der Waals surface area contributed by atoms with Gasteiger partial charge in [-0.3, -0.25) is 13.3 Å². The van der Waals surface area contributed by atoms with E-state index >= 15 is 0 Å². The average molecular weight is 461 g/mol. The van der Waals surface area contributed by atoms with E-state index in [4.69, 9.17) is 0 Å². The van der Waals surface area contributed by atoms with Crippen molar-refractivity contribution in [2.24, 2.45) is 0 Å². The Kier molecular flexibility index (Phi) is 6.48. The maximum absolute atomic E-state index is 13.6. The van der Waals surface area contributed by atoms with E-state index in [2.05, 4.69) is 5.32 Å². The van der Waals surface area contributed by atoms with Crippen molar-refractivity contribution in [2.45, 2.75) is 0 Å². The summed E-state index contributed by atoms with van der Waals surface area (Å²) < 4.78 is 38.1. The van der Waals surface area contributed by atoms with Gasteiger partial charge in [0.05, 0.1) is 22.6 Å². The summed E-state index contributed by atoms with van der Waals surface area (Å²) in [7, 11) is 0. The highest BCUT2D eigenvalue weighted by molar-refractivity contribution is 7.81. The molecule has 0 saturated carbocycles. The zero-order valence-electron chi connectivity index (χ0n) is 17.1. The molecule has 166 valence electrons. The summed E-state index contributed by atoms with van der Waals surface area (Å²) in [5.41, 5.74) is 2.51. The number of hydrogen-bond acceptors (Lipinski definition) is 4. The molecule has 2 N–H and O–H groups in total. The molecule has 0 radical (unpaired) electrons. The predicted octanol–water partition coefficient (Wildman–Crippen LogP) is 5.38. The van der Waals surface area contributed by atoms with E-state index in [1.165, 1.54) is 36.4 Å². The number of amides is 1. The Morgan fingerprint density at radius 2 is 1.58 bits per heavy atom. The largest absolute Gasteiger partial charge is 0.755 e. The van der Waals surface area contributed by atoms with Crippen LogP contribution in [-0.4, -0.2) is 19.8 Å². The van der Waals surface area contributed by atoms with Gasteiger partial charge in [0.15, 0.2) is 0 Å². The van der Waals surface area contributed by atoms with Gasteiger partial charge in [0.2, 0.25) is 0 Å². The first-order valence-corrected chi connectivity index (χ1v) is 10.9. The highest BCUT2D eigenvalue weighted by Gasteiger charge is 2.17. The Morgan fingerprint density at radius 3 is 2.24 bits per heavy atom. The Hall–Kier alpha value is -4.01. The predicted molar refractivity (Wildman–Crippen MR) is 125 cm³/mol. The first kappa shape index (κ1) is 22.2. The number of phenols is 1. The number of phenolic OH excluding ortho intramolecular Hbond substituents is 1. The molecule has 8 heteroatoms. The number of aromatic hydroxyl groups is 1. The lowest BCUT2D eigenvalue weighted by Gasteiger charge is -2.27. The van der Waals surface area contributed by atoms with E-state index in [0.717, 1.165) is 21.5 Å². The molecule has 0 spiro atoms. The summed E-state index contributed by atoms with van der Waals surface area (Å²) in [6.45, 7) is 0. The van der Waals surface area contributed by atoms with Gasteiger partial charge in [-0.05, 0) is 59.7 Å². The molecule has 1 amide bonds. The summed E-state index contributed by atoms with van der Waals surface area (Å²) in [6.07, 6.45) is 0. The minimum absolute atomic E-state index is 0.00129. The topological polar surface area (TPSA) is 92.7 Å². The third kappa shape index (κ3) is 5.08. The maximum Gasteiger partial charge on any atom is 0.255 e. The number of halogens is 1. The molecule has 0 aromatic heterocycles. The molecular formula is C25H18FN2O4S-. The molecule has 4 aromatic carbocycles. The molecule has 0 bridgehead atoms. The van der Waals surface area contributed by atoms with Crippen LogP contribution < -0.4 is 9.62 Å². The van der Waals surface area contributed by atoms with Crippen LogP contribution in [0.1, 0.15) is 10.4 Å². The molecule has 4 aromatic rings. The molecule has 0 saturated heterocycles. The van der Waals surface area contributed by atoms with E-state index < -0.39 is 23.0 Å². The number of nitrogens with zero attached hydrogens (tertiary/aromatic N) is 1. The van der Waals surface area contributed by atoms with Crippen LogP contribution in [0.25, 0.3) is 11.1 Å². The monoisotopic (exact) mass is 461 g/mol. The number of anilines is 3. The van der Waals surface area contributed by atoms with Crippen LogP contribution in [0.2, 0.25) is 0 Å². The molecule has 0 aliphatic heterocycles. The lowest BCUT2D eigenvalue weighted by atomic mass is 10.0. The first-order valence-electron chi connectivity index (χ1n) is 9.87. The lowest BCUT2D eigenvalue weighted by Crippen LogP contribution is -2.20. The van der Waals surface area contributed by atoms with Crippen LogP contribution in [-0.2, 0) is 11.3 Å². The molecule has 1 unspecified atom stereocenters. The second-order valence-electron chi connectivity index (χ2n) is 7.09. The number of benzene rings is 4. The molecule has 0 fully saturated rings. The minimum Gasteiger partial charge on any atom is -0.755 e. The number of carbonyl (C=O) groups is 1. The Labute approximate surface area is 192 Å². The van der Waals surface area contributed by atoms with Crippen molar-refractivity contribution in [3.8, 4) is 16.9 Å². The molecule has 4 rings (SSSR count). The number of carbonyl (C=O) groups excluding carboxylic acids is 1. The zero-order chi connectivity index (χ0) is 23.4. The fourth-order valence-corrected chi connectivity index (χ4v) is 3.91. The van der Waals surface area contributed by atoms with Crippen LogP contribution in [0.3, 0.4) is 0 Å². The minimum atomic E-state index is -2.86. The molecule has 0 heterocycles. The Balaban J connectivity index is 1.58. The fourth-order valence-electron chi connectivity index (χ4n) is 3.32. The fraction of sp³-hybridized carbons (Fsp3) is 0. The SMILES string of the molecule is O=C(Nc1ccc(O)c(N(c2cccc(F)c2)S(=O)[O-])c1)c1ccc(-c2ccccc2)cc1. The first-order chi connectivity index (χ1) is 15.9. The summed E-state index contributed by atoms with van der Waals surface area (Å²) >= 11 is -2.86. The van der Waals surface area contributed by atoms with Crippen molar-refractivity contribution < 1.29 is 23.1 Å². The zero-order valence-corrected chi connectivity index (χ0v) is 18.0. The van der Waals surface area contributed by atoms with Crippen LogP contribution in [0.5, 0.6) is 5.75 Å². The molecule has 33 heavy (non-hydrogen) atoms. The van der Waals surface area contributed by atoms with Gasteiger partial charge in [0, 0.05) is 11.3 Å². The molecule has 0 aliphatic rings. The Morgan fingerprint density at radius 1 is 0.879 bits per heavy atom. The maximum atomic E-state index is 13.6. The summed E-state index contributed by atoms with van der Waals surface area (Å²) in [4.78, 5) is 12.7. The highest BCUT2D eigenvalue weighted by Crippen LogP contribution is 2.36. The number of rotatable bonds is 6. The van der Waals surface area contributed by atoms with E-state index in [-0.39, 0.29) is 22.8 Å². The smallest absolute Gasteiger partial charge is 0.255 e. The van der Waals surface area contributed by atoms with Crippen molar-refractivity contribution in [1.29, 1.82) is 0 Å². The lowest BCUT2D eigenvalue weighted by molar-refractivity contribution is 0.102. The molecule has 0 aliphatic carbocycles. The highest BCUT2D eigenvalue weighted by atomic mass is 32.2. The molecular weight excluding hydrogens is 443 g/mol. The van der Waals surface area contributed by atoms with Crippen molar-refractivity contribution in [3.63, 3.8) is 0 Å².